The van der Waals surface area contributed by atoms with Crippen molar-refractivity contribution in [3.63, 3.8) is 0 Å². The van der Waals surface area contributed by atoms with Crippen LogP contribution in [-0.4, -0.2) is 22.8 Å². The van der Waals surface area contributed by atoms with Crippen LogP contribution >= 0.6 is 11.8 Å². The molecule has 22 heavy (non-hydrogen) atoms. The van der Waals surface area contributed by atoms with E-state index in [-0.39, 0.29) is 10.1 Å². The van der Waals surface area contributed by atoms with Gasteiger partial charge in [0.05, 0.1) is 12.6 Å². The minimum atomic E-state index is -1.30. The molecule has 0 saturated heterocycles. The third-order valence-electron chi connectivity index (χ3n) is 2.56. The molecule has 1 heterocycles. The lowest BCUT2D eigenvalue weighted by Crippen LogP contribution is -2.23. The molecule has 1 aromatic heterocycles. The first-order valence-electron chi connectivity index (χ1n) is 6.72. The van der Waals surface area contributed by atoms with Crippen molar-refractivity contribution in [3.8, 4) is 5.75 Å². The van der Waals surface area contributed by atoms with Gasteiger partial charge in [0.2, 0.25) is 5.89 Å². The van der Waals surface area contributed by atoms with E-state index < -0.39 is 5.97 Å². The minimum absolute atomic E-state index is 0.00845. The Balaban J connectivity index is 2.13. The van der Waals surface area contributed by atoms with E-state index >= 15 is 0 Å². The molecule has 1 aromatic carbocycles. The summed E-state index contributed by atoms with van der Waals surface area (Å²) in [4.78, 5) is 11.2. The van der Waals surface area contributed by atoms with E-state index in [9.17, 15) is 9.90 Å². The number of aryl methyl sites for hydroxylation is 1. The van der Waals surface area contributed by atoms with Crippen LogP contribution < -0.4 is 9.84 Å². The zero-order valence-electron chi connectivity index (χ0n) is 12.2. The number of carboxylic acid groups (broad SMARTS) is 1. The second-order valence-corrected chi connectivity index (χ2v) is 5.40. The normalized spacial score (nSPS) is 11.5. The van der Waals surface area contributed by atoms with Crippen LogP contribution in [0.4, 0.5) is 0 Å². The van der Waals surface area contributed by atoms with Crippen molar-refractivity contribution in [1.82, 2.24) is 10.2 Å². The molecule has 0 saturated carbocycles. The molecule has 2 aromatic rings. The summed E-state index contributed by atoms with van der Waals surface area (Å²) in [5.74, 6) is -0.182. The van der Waals surface area contributed by atoms with Gasteiger partial charge in [-0.2, -0.15) is 0 Å². The van der Waals surface area contributed by atoms with Crippen LogP contribution in [0.25, 0.3) is 6.08 Å². The van der Waals surface area contributed by atoms with Gasteiger partial charge in [0.25, 0.3) is 5.22 Å². The number of hydrogen-bond donors (Lipinski definition) is 0. The number of carboxylic acids is 1. The molecule has 6 nitrogen and oxygen atoms in total. The maximum absolute atomic E-state index is 11.2. The summed E-state index contributed by atoms with van der Waals surface area (Å²) in [7, 11) is 0. The van der Waals surface area contributed by atoms with Gasteiger partial charge in [0.15, 0.2) is 0 Å². The summed E-state index contributed by atoms with van der Waals surface area (Å²) in [5, 5.41) is 18.8. The Morgan fingerprint density at radius 1 is 1.36 bits per heavy atom. The molecule has 7 heteroatoms. The van der Waals surface area contributed by atoms with Crippen LogP contribution in [-0.2, 0) is 4.79 Å². The first kappa shape index (κ1) is 16.1. The fourth-order valence-electron chi connectivity index (χ4n) is 1.58. The Bertz CT molecular complexity index is 664. The number of rotatable bonds is 7. The zero-order valence-corrected chi connectivity index (χ0v) is 13.1. The SMILES string of the molecule is CCCOc1ccc(/C=C(/Sc2nnc(C)o2)C(=O)[O-])cc1. The molecule has 0 amide bonds. The monoisotopic (exact) mass is 319 g/mol. The fourth-order valence-corrected chi connectivity index (χ4v) is 2.29. The van der Waals surface area contributed by atoms with Crippen LogP contribution in [0.1, 0.15) is 24.8 Å². The molecule has 0 N–H and O–H groups in total. The van der Waals surface area contributed by atoms with Gasteiger partial charge in [-0.15, -0.1) is 10.2 Å². The number of carbonyl (C=O) groups is 1. The van der Waals surface area contributed by atoms with Gasteiger partial charge >= 0.3 is 0 Å². The molecule has 0 bridgehead atoms. The fraction of sp³-hybridized carbons (Fsp3) is 0.267. The highest BCUT2D eigenvalue weighted by Crippen LogP contribution is 2.27. The van der Waals surface area contributed by atoms with E-state index in [0.717, 1.165) is 23.9 Å². The number of nitrogens with zero attached hydrogens (tertiary/aromatic N) is 2. The quantitative estimate of drug-likeness (QED) is 0.570. The summed E-state index contributed by atoms with van der Waals surface area (Å²) >= 11 is 0.858. The van der Waals surface area contributed by atoms with E-state index in [1.165, 1.54) is 6.08 Å². The second-order valence-electron chi connectivity index (χ2n) is 4.40. The van der Waals surface area contributed by atoms with E-state index in [1.807, 2.05) is 6.92 Å². The molecule has 0 atom stereocenters. The largest absolute Gasteiger partial charge is 0.544 e. The number of hydrogen-bond acceptors (Lipinski definition) is 7. The van der Waals surface area contributed by atoms with Gasteiger partial charge < -0.3 is 19.1 Å². The Hall–Kier alpha value is -2.28. The van der Waals surface area contributed by atoms with Crippen molar-refractivity contribution in [1.29, 1.82) is 0 Å². The Morgan fingerprint density at radius 3 is 2.64 bits per heavy atom. The van der Waals surface area contributed by atoms with Crippen LogP contribution in [0, 0.1) is 6.92 Å². The highest BCUT2D eigenvalue weighted by Gasteiger charge is 2.09. The van der Waals surface area contributed by atoms with Crippen molar-refractivity contribution < 1.29 is 19.1 Å². The Labute approximate surface area is 132 Å². The lowest BCUT2D eigenvalue weighted by Gasteiger charge is -2.07. The molecule has 0 radical (unpaired) electrons. The average Bonchev–Trinajstić information content (AvgIpc) is 2.91. The first-order valence-corrected chi connectivity index (χ1v) is 7.54. The summed E-state index contributed by atoms with van der Waals surface area (Å²) in [6.07, 6.45) is 2.42. The molecule has 0 aliphatic heterocycles. The third-order valence-corrected chi connectivity index (χ3v) is 3.40. The maximum atomic E-state index is 11.2. The van der Waals surface area contributed by atoms with E-state index in [2.05, 4.69) is 10.2 Å². The van der Waals surface area contributed by atoms with Gasteiger partial charge in [-0.1, -0.05) is 19.1 Å². The van der Waals surface area contributed by atoms with Crippen molar-refractivity contribution in [2.75, 3.05) is 6.61 Å². The van der Waals surface area contributed by atoms with Crippen molar-refractivity contribution in [2.45, 2.75) is 25.5 Å². The van der Waals surface area contributed by atoms with Gasteiger partial charge in [-0.25, -0.2) is 0 Å². The Kier molecular flexibility index (Phi) is 5.60. The molecular weight excluding hydrogens is 304 g/mol. The molecular formula is C15H15N2O4S-. The van der Waals surface area contributed by atoms with Gasteiger partial charge in [-0.3, -0.25) is 0 Å². The van der Waals surface area contributed by atoms with E-state index in [4.69, 9.17) is 9.15 Å². The molecule has 0 aliphatic carbocycles. The Morgan fingerprint density at radius 2 is 2.09 bits per heavy atom. The van der Waals surface area contributed by atoms with Gasteiger partial charge in [0, 0.05) is 11.8 Å². The lowest BCUT2D eigenvalue weighted by atomic mass is 10.2. The molecule has 0 spiro atoms. The predicted molar refractivity (Wildman–Crippen MR) is 80.1 cm³/mol. The van der Waals surface area contributed by atoms with Crippen molar-refractivity contribution in [3.05, 3.63) is 40.6 Å². The minimum Gasteiger partial charge on any atom is -0.544 e. The summed E-state index contributed by atoms with van der Waals surface area (Å²) < 4.78 is 10.6. The smallest absolute Gasteiger partial charge is 0.281 e. The maximum Gasteiger partial charge on any atom is 0.281 e. The third kappa shape index (κ3) is 4.63. The van der Waals surface area contributed by atoms with E-state index in [0.29, 0.717) is 18.1 Å². The summed E-state index contributed by atoms with van der Waals surface area (Å²) in [6.45, 7) is 4.31. The molecule has 0 unspecified atom stereocenters. The van der Waals surface area contributed by atoms with E-state index in [1.54, 1.807) is 31.2 Å². The van der Waals surface area contributed by atoms with Crippen molar-refractivity contribution in [2.24, 2.45) is 0 Å². The van der Waals surface area contributed by atoms with Crippen LogP contribution in [0.2, 0.25) is 0 Å². The molecule has 0 aliphatic rings. The zero-order chi connectivity index (χ0) is 15.9. The summed E-state index contributed by atoms with van der Waals surface area (Å²) in [5.41, 5.74) is 0.715. The number of ether oxygens (including phenoxy) is 1. The molecule has 2 rings (SSSR count). The number of aliphatic carboxylic acids is 1. The highest BCUT2D eigenvalue weighted by molar-refractivity contribution is 8.03. The first-order chi connectivity index (χ1) is 10.6. The lowest BCUT2D eigenvalue weighted by molar-refractivity contribution is -0.298. The van der Waals surface area contributed by atoms with Gasteiger partial charge in [-0.05, 0) is 42.0 Å². The predicted octanol–water partition coefficient (Wildman–Crippen LogP) is 2.05. The van der Waals surface area contributed by atoms with Crippen LogP contribution in [0.15, 0.2) is 38.8 Å². The summed E-state index contributed by atoms with van der Waals surface area (Å²) in [6, 6.07) is 7.12. The standard InChI is InChI=1S/C15H16N2O4S/c1-3-8-20-12-6-4-11(5-7-12)9-13(14(18)19)22-15-17-16-10(2)21-15/h4-7,9H,3,8H2,1-2H3,(H,18,19)/p-1/b13-9+. The number of carbonyl (C=O) groups excluding carboxylic acids is 1. The number of aromatic nitrogens is 2. The molecule has 0 fully saturated rings. The average molecular weight is 319 g/mol. The van der Waals surface area contributed by atoms with Crippen LogP contribution in [0.5, 0.6) is 5.75 Å². The van der Waals surface area contributed by atoms with Crippen LogP contribution in [0.3, 0.4) is 0 Å². The highest BCUT2D eigenvalue weighted by atomic mass is 32.2. The van der Waals surface area contributed by atoms with Gasteiger partial charge in [0.1, 0.15) is 5.75 Å². The number of thioether (sulfide) groups is 1. The number of benzene rings is 1. The van der Waals surface area contributed by atoms with Crippen molar-refractivity contribution >= 4 is 23.8 Å². The molecule has 116 valence electrons. The second kappa shape index (κ2) is 7.65. The topological polar surface area (TPSA) is 88.3 Å².